The molecule has 5 heteroatoms. The van der Waals surface area contributed by atoms with Crippen LogP contribution in [0.4, 0.5) is 14.6 Å². The van der Waals surface area contributed by atoms with Gasteiger partial charge in [-0.2, -0.15) is 0 Å². The van der Waals surface area contributed by atoms with Crippen molar-refractivity contribution in [1.29, 1.82) is 0 Å². The number of hydrogen-bond acceptors (Lipinski definition) is 3. The third-order valence-corrected chi connectivity index (χ3v) is 2.88. The summed E-state index contributed by atoms with van der Waals surface area (Å²) >= 11 is 0. The van der Waals surface area contributed by atoms with Gasteiger partial charge in [0.1, 0.15) is 17.5 Å². The predicted molar refractivity (Wildman–Crippen MR) is 68.3 cm³/mol. The summed E-state index contributed by atoms with van der Waals surface area (Å²) in [5.41, 5.74) is 5.08. The number of hydrogen-bond donors (Lipinski definition) is 2. The summed E-state index contributed by atoms with van der Waals surface area (Å²) in [6.45, 7) is 1.50. The minimum atomic E-state index is -1.39. The molecule has 2 aromatic rings. The molecule has 3 N–H and O–H groups in total. The van der Waals surface area contributed by atoms with Crippen LogP contribution in [-0.2, 0) is 12.0 Å². The molecule has 1 aromatic carbocycles. The van der Waals surface area contributed by atoms with Gasteiger partial charge in [0.05, 0.1) is 5.60 Å². The second-order valence-corrected chi connectivity index (χ2v) is 4.70. The normalized spacial score (nSPS) is 14.1. The first-order chi connectivity index (χ1) is 8.87. The number of nitrogens with zero attached hydrogens (tertiary/aromatic N) is 1. The molecule has 1 aromatic heterocycles. The zero-order chi connectivity index (χ0) is 14.0. The number of benzene rings is 1. The van der Waals surface area contributed by atoms with Crippen LogP contribution in [0.2, 0.25) is 0 Å². The molecular formula is C14H14F2N2O. The molecule has 0 fully saturated rings. The van der Waals surface area contributed by atoms with Crippen molar-refractivity contribution in [2.45, 2.75) is 18.9 Å². The fourth-order valence-corrected chi connectivity index (χ4v) is 1.97. The Hall–Kier alpha value is -2.01. The molecule has 1 atom stereocenters. The van der Waals surface area contributed by atoms with Crippen molar-refractivity contribution in [2.24, 2.45) is 0 Å². The molecule has 0 aliphatic carbocycles. The Bertz CT molecular complexity index is 579. The van der Waals surface area contributed by atoms with Crippen LogP contribution in [0.1, 0.15) is 18.1 Å². The van der Waals surface area contributed by atoms with E-state index in [1.165, 1.54) is 13.1 Å². The van der Waals surface area contributed by atoms with Crippen LogP contribution in [0.25, 0.3) is 0 Å². The smallest absolute Gasteiger partial charge is 0.126 e. The maximum absolute atomic E-state index is 13.2. The Balaban J connectivity index is 2.31. The highest BCUT2D eigenvalue weighted by Crippen LogP contribution is 2.27. The van der Waals surface area contributed by atoms with E-state index in [1.807, 2.05) is 0 Å². The minimum absolute atomic E-state index is 0.181. The highest BCUT2D eigenvalue weighted by molar-refractivity contribution is 5.34. The first-order valence-electron chi connectivity index (χ1n) is 5.76. The van der Waals surface area contributed by atoms with Crippen LogP contribution in [0, 0.1) is 11.6 Å². The molecule has 3 nitrogen and oxygen atoms in total. The number of aliphatic hydroxyl groups is 1. The highest BCUT2D eigenvalue weighted by Gasteiger charge is 2.25. The molecule has 0 saturated carbocycles. The summed E-state index contributed by atoms with van der Waals surface area (Å²) < 4.78 is 26.4. The Kier molecular flexibility index (Phi) is 3.48. The van der Waals surface area contributed by atoms with E-state index in [-0.39, 0.29) is 12.0 Å². The van der Waals surface area contributed by atoms with E-state index in [1.54, 1.807) is 12.1 Å². The molecule has 100 valence electrons. The van der Waals surface area contributed by atoms with Gasteiger partial charge in [-0.25, -0.2) is 13.8 Å². The molecule has 0 radical (unpaired) electrons. The number of nitrogens with two attached hydrogens (primary N) is 1. The molecule has 0 saturated heterocycles. The second-order valence-electron chi connectivity index (χ2n) is 4.70. The van der Waals surface area contributed by atoms with E-state index < -0.39 is 17.2 Å². The largest absolute Gasteiger partial charge is 0.385 e. The summed E-state index contributed by atoms with van der Waals surface area (Å²) in [6, 6.07) is 6.32. The zero-order valence-electron chi connectivity index (χ0n) is 10.4. The summed E-state index contributed by atoms with van der Waals surface area (Å²) in [7, 11) is 0. The van der Waals surface area contributed by atoms with Crippen molar-refractivity contribution < 1.29 is 13.9 Å². The molecule has 0 amide bonds. The lowest BCUT2D eigenvalue weighted by Gasteiger charge is -2.24. The van der Waals surface area contributed by atoms with Crippen LogP contribution < -0.4 is 5.73 Å². The standard InChI is InChI=1S/C14H14F2N2O/c1-14(19,8-9-2-3-18-13(17)4-9)10-5-11(15)7-12(16)6-10/h2-7,19H,8H2,1H3,(H2,17,18). The van der Waals surface area contributed by atoms with Crippen LogP contribution in [0.15, 0.2) is 36.5 Å². The van der Waals surface area contributed by atoms with E-state index >= 15 is 0 Å². The average Bonchev–Trinajstić information content (AvgIpc) is 2.26. The lowest BCUT2D eigenvalue weighted by Crippen LogP contribution is -2.24. The van der Waals surface area contributed by atoms with E-state index in [0.717, 1.165) is 23.8 Å². The van der Waals surface area contributed by atoms with Crippen LogP contribution in [0.3, 0.4) is 0 Å². The van der Waals surface area contributed by atoms with Crippen molar-refractivity contribution in [3.8, 4) is 0 Å². The Labute approximate surface area is 109 Å². The van der Waals surface area contributed by atoms with Gasteiger partial charge in [-0.05, 0) is 42.3 Å². The van der Waals surface area contributed by atoms with E-state index in [2.05, 4.69) is 4.98 Å². The average molecular weight is 264 g/mol. The number of pyridine rings is 1. The summed E-state index contributed by atoms with van der Waals surface area (Å²) in [5.74, 6) is -1.10. The van der Waals surface area contributed by atoms with Gasteiger partial charge in [0.15, 0.2) is 0 Å². The van der Waals surface area contributed by atoms with Crippen LogP contribution >= 0.6 is 0 Å². The van der Waals surface area contributed by atoms with Crippen LogP contribution in [-0.4, -0.2) is 10.1 Å². The topological polar surface area (TPSA) is 59.1 Å². The third kappa shape index (κ3) is 3.26. The van der Waals surface area contributed by atoms with Crippen molar-refractivity contribution in [2.75, 3.05) is 5.73 Å². The maximum atomic E-state index is 13.2. The van der Waals surface area contributed by atoms with Crippen molar-refractivity contribution in [1.82, 2.24) is 4.98 Å². The summed E-state index contributed by atoms with van der Waals surface area (Å²) in [5, 5.41) is 10.4. The zero-order valence-corrected chi connectivity index (χ0v) is 10.4. The molecule has 1 heterocycles. The summed E-state index contributed by atoms with van der Waals surface area (Å²) in [4.78, 5) is 3.85. The Morgan fingerprint density at radius 3 is 2.42 bits per heavy atom. The number of aromatic nitrogens is 1. The maximum Gasteiger partial charge on any atom is 0.126 e. The van der Waals surface area contributed by atoms with E-state index in [9.17, 15) is 13.9 Å². The highest BCUT2D eigenvalue weighted by atomic mass is 19.1. The van der Waals surface area contributed by atoms with Gasteiger partial charge in [-0.1, -0.05) is 0 Å². The molecular weight excluding hydrogens is 250 g/mol. The van der Waals surface area contributed by atoms with E-state index in [4.69, 9.17) is 5.73 Å². The molecule has 0 aliphatic heterocycles. The molecule has 1 unspecified atom stereocenters. The SMILES string of the molecule is CC(O)(Cc1ccnc(N)c1)c1cc(F)cc(F)c1. The third-order valence-electron chi connectivity index (χ3n) is 2.88. The number of rotatable bonds is 3. The number of halogens is 2. The van der Waals surface area contributed by atoms with Gasteiger partial charge in [-0.15, -0.1) is 0 Å². The number of nitrogen functional groups attached to an aromatic ring is 1. The minimum Gasteiger partial charge on any atom is -0.385 e. The van der Waals surface area contributed by atoms with Crippen molar-refractivity contribution in [3.05, 3.63) is 59.3 Å². The monoisotopic (exact) mass is 264 g/mol. The predicted octanol–water partition coefficient (Wildman–Crippen LogP) is 2.39. The fraction of sp³-hybridized carbons (Fsp3) is 0.214. The summed E-state index contributed by atoms with van der Waals surface area (Å²) in [6.07, 6.45) is 1.70. The second kappa shape index (κ2) is 4.93. The quantitative estimate of drug-likeness (QED) is 0.895. The molecule has 2 rings (SSSR count). The van der Waals surface area contributed by atoms with Crippen molar-refractivity contribution in [3.63, 3.8) is 0 Å². The van der Waals surface area contributed by atoms with Gasteiger partial charge in [0.2, 0.25) is 0 Å². The molecule has 0 spiro atoms. The lowest BCUT2D eigenvalue weighted by atomic mass is 9.89. The first kappa shape index (κ1) is 13.4. The van der Waals surface area contributed by atoms with Gasteiger partial charge < -0.3 is 10.8 Å². The Morgan fingerprint density at radius 2 is 1.84 bits per heavy atom. The Morgan fingerprint density at radius 1 is 1.21 bits per heavy atom. The van der Waals surface area contributed by atoms with Crippen LogP contribution in [0.5, 0.6) is 0 Å². The molecule has 0 aliphatic rings. The fourth-order valence-electron chi connectivity index (χ4n) is 1.97. The lowest BCUT2D eigenvalue weighted by molar-refractivity contribution is 0.0569. The van der Waals surface area contributed by atoms with Crippen molar-refractivity contribution >= 4 is 5.82 Å². The number of anilines is 1. The van der Waals surface area contributed by atoms with Gasteiger partial charge >= 0.3 is 0 Å². The molecule has 0 bridgehead atoms. The van der Waals surface area contributed by atoms with Gasteiger partial charge in [0, 0.05) is 18.7 Å². The first-order valence-corrected chi connectivity index (χ1v) is 5.76. The van der Waals surface area contributed by atoms with Gasteiger partial charge in [0.25, 0.3) is 0 Å². The van der Waals surface area contributed by atoms with E-state index in [0.29, 0.717) is 5.82 Å². The van der Waals surface area contributed by atoms with Gasteiger partial charge in [-0.3, -0.25) is 0 Å². The molecule has 19 heavy (non-hydrogen) atoms.